The zero-order chi connectivity index (χ0) is 7.68. The van der Waals surface area contributed by atoms with Gasteiger partial charge >= 0.3 is 0 Å². The lowest BCUT2D eigenvalue weighted by Crippen LogP contribution is -1.78. The second-order valence-corrected chi connectivity index (χ2v) is 2.34. The maximum atomic E-state index is 4.98. The van der Waals surface area contributed by atoms with E-state index in [-0.39, 0.29) is 0 Å². The van der Waals surface area contributed by atoms with Gasteiger partial charge in [0, 0.05) is 6.20 Å². The largest absolute Gasteiger partial charge is 0.336 e. The number of pyridine rings is 1. The molecule has 0 atom stereocenters. The molecule has 0 unspecified atom stereocenters. The normalized spacial score (nSPS) is 10.6. The van der Waals surface area contributed by atoms with Crippen LogP contribution in [0.3, 0.4) is 0 Å². The van der Waals surface area contributed by atoms with Crippen molar-refractivity contribution >= 4 is 11.1 Å². The number of hydrogen-bond acceptors (Lipinski definition) is 3. The molecular formula is C8H8N2O. The van der Waals surface area contributed by atoms with E-state index >= 15 is 0 Å². The van der Waals surface area contributed by atoms with Crippen LogP contribution in [0.15, 0.2) is 22.9 Å². The van der Waals surface area contributed by atoms with E-state index in [0.29, 0.717) is 5.71 Å². The second kappa shape index (κ2) is 2.34. The van der Waals surface area contributed by atoms with Crippen molar-refractivity contribution in [3.05, 3.63) is 24.0 Å². The molecule has 0 aliphatic rings. The molecule has 2 rings (SSSR count). The highest BCUT2D eigenvalue weighted by molar-refractivity contribution is 5.75. The molecule has 3 nitrogen and oxygen atoms in total. The molecule has 0 saturated heterocycles. The second-order valence-electron chi connectivity index (χ2n) is 2.34. The number of hydrogen-bond donors (Lipinski definition) is 0. The van der Waals surface area contributed by atoms with Crippen LogP contribution in [0.5, 0.6) is 0 Å². The molecule has 0 saturated carbocycles. The molecule has 0 N–H and O–H groups in total. The van der Waals surface area contributed by atoms with E-state index in [9.17, 15) is 0 Å². The fourth-order valence-corrected chi connectivity index (χ4v) is 1.09. The van der Waals surface area contributed by atoms with E-state index in [1.165, 1.54) is 0 Å². The summed E-state index contributed by atoms with van der Waals surface area (Å²) in [6.07, 6.45) is 2.59. The van der Waals surface area contributed by atoms with E-state index in [0.717, 1.165) is 17.5 Å². The Morgan fingerprint density at radius 3 is 3.27 bits per heavy atom. The predicted molar refractivity (Wildman–Crippen MR) is 41.2 cm³/mol. The van der Waals surface area contributed by atoms with Gasteiger partial charge in [-0.1, -0.05) is 12.1 Å². The topological polar surface area (TPSA) is 38.9 Å². The molecule has 0 aliphatic carbocycles. The van der Waals surface area contributed by atoms with Crippen molar-refractivity contribution in [2.45, 2.75) is 13.3 Å². The molecule has 0 radical (unpaired) electrons. The van der Waals surface area contributed by atoms with Crippen molar-refractivity contribution in [1.29, 1.82) is 0 Å². The highest BCUT2D eigenvalue weighted by Crippen LogP contribution is 2.14. The zero-order valence-corrected chi connectivity index (χ0v) is 6.24. The summed E-state index contributed by atoms with van der Waals surface area (Å²) in [4.78, 5) is 4.02. The molecule has 2 aromatic heterocycles. The van der Waals surface area contributed by atoms with Crippen LogP contribution < -0.4 is 0 Å². The Bertz CT molecular complexity index is 367. The van der Waals surface area contributed by atoms with Crippen molar-refractivity contribution in [1.82, 2.24) is 10.1 Å². The van der Waals surface area contributed by atoms with E-state index in [2.05, 4.69) is 10.1 Å². The maximum Gasteiger partial charge on any atom is 0.257 e. The molecule has 0 bridgehead atoms. The first-order valence-corrected chi connectivity index (χ1v) is 3.61. The van der Waals surface area contributed by atoms with Crippen LogP contribution in [0.1, 0.15) is 12.6 Å². The van der Waals surface area contributed by atoms with Crippen molar-refractivity contribution in [3.8, 4) is 0 Å². The summed E-state index contributed by atoms with van der Waals surface area (Å²) in [6.45, 7) is 2.05. The van der Waals surface area contributed by atoms with E-state index in [4.69, 9.17) is 4.52 Å². The molecular weight excluding hydrogens is 140 g/mol. The highest BCUT2D eigenvalue weighted by atomic mass is 16.5. The van der Waals surface area contributed by atoms with Gasteiger partial charge < -0.3 is 4.52 Å². The number of nitrogens with zero attached hydrogens (tertiary/aromatic N) is 2. The van der Waals surface area contributed by atoms with Gasteiger partial charge in [-0.2, -0.15) is 0 Å². The number of fused-ring (bicyclic) bond motifs is 1. The van der Waals surface area contributed by atoms with Gasteiger partial charge in [0.05, 0.1) is 11.1 Å². The number of rotatable bonds is 1. The Morgan fingerprint density at radius 2 is 2.45 bits per heavy atom. The first kappa shape index (κ1) is 6.34. The van der Waals surface area contributed by atoms with Crippen molar-refractivity contribution in [2.24, 2.45) is 0 Å². The van der Waals surface area contributed by atoms with Crippen LogP contribution >= 0.6 is 0 Å². The van der Waals surface area contributed by atoms with Crippen molar-refractivity contribution in [2.75, 3.05) is 0 Å². The lowest BCUT2D eigenvalue weighted by molar-refractivity contribution is 0.440. The summed E-state index contributed by atoms with van der Waals surface area (Å²) in [5, 5.41) is 4.90. The minimum atomic E-state index is 0.629. The van der Waals surface area contributed by atoms with Crippen molar-refractivity contribution < 1.29 is 4.52 Å². The van der Waals surface area contributed by atoms with Crippen LogP contribution in [0.25, 0.3) is 11.1 Å². The first-order chi connectivity index (χ1) is 5.42. The summed E-state index contributed by atoms with van der Waals surface area (Å²) >= 11 is 0. The Labute approximate surface area is 64.0 Å². The average Bonchev–Trinajstić information content (AvgIpc) is 2.47. The number of aryl methyl sites for hydroxylation is 1. The third-order valence-corrected chi connectivity index (χ3v) is 1.66. The fourth-order valence-electron chi connectivity index (χ4n) is 1.09. The molecule has 0 aliphatic heterocycles. The third-order valence-electron chi connectivity index (χ3n) is 1.66. The molecule has 2 heterocycles. The van der Waals surface area contributed by atoms with Crippen LogP contribution in [-0.4, -0.2) is 10.1 Å². The van der Waals surface area contributed by atoms with E-state index in [1.807, 2.05) is 19.1 Å². The van der Waals surface area contributed by atoms with E-state index in [1.54, 1.807) is 6.20 Å². The third kappa shape index (κ3) is 0.888. The predicted octanol–water partition coefficient (Wildman–Crippen LogP) is 1.79. The van der Waals surface area contributed by atoms with Crippen LogP contribution in [0, 0.1) is 0 Å². The molecule has 0 spiro atoms. The molecule has 11 heavy (non-hydrogen) atoms. The number of aromatic nitrogens is 2. The van der Waals surface area contributed by atoms with E-state index < -0.39 is 0 Å². The first-order valence-electron chi connectivity index (χ1n) is 3.61. The van der Waals surface area contributed by atoms with Gasteiger partial charge in [0.25, 0.3) is 5.71 Å². The smallest absolute Gasteiger partial charge is 0.257 e. The lowest BCUT2D eigenvalue weighted by Gasteiger charge is -1.85. The Morgan fingerprint density at radius 1 is 1.55 bits per heavy atom. The van der Waals surface area contributed by atoms with Gasteiger partial charge in [-0.25, -0.2) is 4.98 Å². The van der Waals surface area contributed by atoms with Gasteiger partial charge in [-0.05, 0) is 18.6 Å². The van der Waals surface area contributed by atoms with Gasteiger partial charge in [-0.15, -0.1) is 0 Å². The van der Waals surface area contributed by atoms with Gasteiger partial charge in [0.2, 0.25) is 0 Å². The SMILES string of the molecule is CCc1noc2ncccc12. The summed E-state index contributed by atoms with van der Waals surface area (Å²) in [7, 11) is 0. The molecule has 0 aromatic carbocycles. The van der Waals surface area contributed by atoms with Gasteiger partial charge in [0.1, 0.15) is 0 Å². The van der Waals surface area contributed by atoms with Gasteiger partial charge in [0.15, 0.2) is 0 Å². The van der Waals surface area contributed by atoms with Gasteiger partial charge in [-0.3, -0.25) is 0 Å². The minimum absolute atomic E-state index is 0.629. The van der Waals surface area contributed by atoms with Crippen LogP contribution in [0.2, 0.25) is 0 Å². The molecule has 56 valence electrons. The highest BCUT2D eigenvalue weighted by Gasteiger charge is 2.04. The summed E-state index contributed by atoms with van der Waals surface area (Å²) in [6, 6.07) is 3.86. The summed E-state index contributed by atoms with van der Waals surface area (Å²) in [5.74, 6) is 0. The lowest BCUT2D eigenvalue weighted by atomic mass is 10.2. The fraction of sp³-hybridized carbons (Fsp3) is 0.250. The zero-order valence-electron chi connectivity index (χ0n) is 6.24. The Balaban J connectivity index is 2.76. The minimum Gasteiger partial charge on any atom is -0.336 e. The molecule has 0 fully saturated rings. The standard InChI is InChI=1S/C8H8N2O/c1-2-7-6-4-3-5-9-8(6)11-10-7/h3-5H,2H2,1H3. The Kier molecular flexibility index (Phi) is 1.35. The maximum absolute atomic E-state index is 4.98. The quantitative estimate of drug-likeness (QED) is 0.618. The average molecular weight is 148 g/mol. The Hall–Kier alpha value is -1.38. The summed E-state index contributed by atoms with van der Waals surface area (Å²) in [5.41, 5.74) is 1.61. The molecule has 0 amide bonds. The van der Waals surface area contributed by atoms with Crippen LogP contribution in [-0.2, 0) is 6.42 Å². The monoisotopic (exact) mass is 148 g/mol. The van der Waals surface area contributed by atoms with Crippen molar-refractivity contribution in [3.63, 3.8) is 0 Å². The molecule has 3 heteroatoms. The molecule has 2 aromatic rings. The summed E-state index contributed by atoms with van der Waals surface area (Å²) < 4.78 is 4.98. The van der Waals surface area contributed by atoms with Crippen LogP contribution in [0.4, 0.5) is 0 Å².